The Morgan fingerprint density at radius 3 is 2.52 bits per heavy atom. The van der Waals surface area contributed by atoms with Gasteiger partial charge < -0.3 is 9.64 Å². The SMILES string of the molecule is CCn1c(=O)n(CC2CCN(C(=O)c3ccc(OC)cc3)CC2)c2ncccc21. The van der Waals surface area contributed by atoms with Gasteiger partial charge in [-0.15, -0.1) is 0 Å². The summed E-state index contributed by atoms with van der Waals surface area (Å²) in [4.78, 5) is 31.9. The molecule has 7 heteroatoms. The van der Waals surface area contributed by atoms with E-state index in [1.54, 1.807) is 34.6 Å². The van der Waals surface area contributed by atoms with Gasteiger partial charge in [-0.25, -0.2) is 9.78 Å². The second-order valence-electron chi connectivity index (χ2n) is 7.45. The fourth-order valence-electron chi connectivity index (χ4n) is 4.11. The lowest BCUT2D eigenvalue weighted by Gasteiger charge is -2.32. The van der Waals surface area contributed by atoms with E-state index < -0.39 is 0 Å². The summed E-state index contributed by atoms with van der Waals surface area (Å²) < 4.78 is 8.72. The van der Waals surface area contributed by atoms with Crippen LogP contribution in [-0.2, 0) is 13.1 Å². The Balaban J connectivity index is 1.44. The molecule has 1 saturated heterocycles. The van der Waals surface area contributed by atoms with Gasteiger partial charge in [0.1, 0.15) is 5.75 Å². The van der Waals surface area contributed by atoms with Crippen LogP contribution in [0.15, 0.2) is 47.4 Å². The molecule has 0 spiro atoms. The van der Waals surface area contributed by atoms with E-state index in [-0.39, 0.29) is 11.6 Å². The third-order valence-electron chi connectivity index (χ3n) is 5.77. The van der Waals surface area contributed by atoms with Crippen LogP contribution < -0.4 is 10.4 Å². The van der Waals surface area contributed by atoms with Crippen LogP contribution in [0.5, 0.6) is 5.75 Å². The molecule has 29 heavy (non-hydrogen) atoms. The van der Waals surface area contributed by atoms with Crippen LogP contribution in [0.25, 0.3) is 11.2 Å². The lowest BCUT2D eigenvalue weighted by molar-refractivity contribution is 0.0682. The number of likely N-dealkylation sites (tertiary alicyclic amines) is 1. The van der Waals surface area contributed by atoms with Crippen molar-refractivity contribution in [3.8, 4) is 5.75 Å². The van der Waals surface area contributed by atoms with Gasteiger partial charge in [-0.1, -0.05) is 0 Å². The number of amides is 1. The molecule has 0 atom stereocenters. The summed E-state index contributed by atoms with van der Waals surface area (Å²) in [6.45, 7) is 4.64. The van der Waals surface area contributed by atoms with Crippen molar-refractivity contribution >= 4 is 17.1 Å². The van der Waals surface area contributed by atoms with Gasteiger partial charge in [-0.05, 0) is 62.1 Å². The topological polar surface area (TPSA) is 69.4 Å². The molecule has 7 nitrogen and oxygen atoms in total. The summed E-state index contributed by atoms with van der Waals surface area (Å²) in [6.07, 6.45) is 3.48. The first-order chi connectivity index (χ1) is 14.1. The number of ether oxygens (including phenoxy) is 1. The Hall–Kier alpha value is -3.09. The van der Waals surface area contributed by atoms with Crippen LogP contribution in [0.4, 0.5) is 0 Å². The van der Waals surface area contributed by atoms with Crippen LogP contribution in [0.3, 0.4) is 0 Å². The van der Waals surface area contributed by atoms with Crippen molar-refractivity contribution in [3.63, 3.8) is 0 Å². The lowest BCUT2D eigenvalue weighted by atomic mass is 9.96. The monoisotopic (exact) mass is 394 g/mol. The molecule has 0 aliphatic carbocycles. The number of aromatic nitrogens is 3. The Morgan fingerprint density at radius 2 is 1.86 bits per heavy atom. The molecule has 4 rings (SSSR count). The van der Waals surface area contributed by atoms with E-state index in [0.29, 0.717) is 37.7 Å². The normalized spacial score (nSPS) is 15.0. The highest BCUT2D eigenvalue weighted by Crippen LogP contribution is 2.22. The van der Waals surface area contributed by atoms with E-state index in [1.807, 2.05) is 36.1 Å². The average molecular weight is 394 g/mol. The summed E-state index contributed by atoms with van der Waals surface area (Å²) >= 11 is 0. The van der Waals surface area contributed by atoms with Crippen LogP contribution >= 0.6 is 0 Å². The summed E-state index contributed by atoms with van der Waals surface area (Å²) in [5, 5.41) is 0. The number of hydrogen-bond acceptors (Lipinski definition) is 4. The Morgan fingerprint density at radius 1 is 1.14 bits per heavy atom. The zero-order chi connectivity index (χ0) is 20.4. The minimum atomic E-state index is -0.00191. The maximum atomic E-state index is 12.8. The maximum absolute atomic E-state index is 12.8. The first kappa shape index (κ1) is 19.2. The number of benzene rings is 1. The number of aryl methyl sites for hydroxylation is 1. The van der Waals surface area contributed by atoms with Gasteiger partial charge in [0.25, 0.3) is 5.91 Å². The number of imidazole rings is 1. The lowest BCUT2D eigenvalue weighted by Crippen LogP contribution is -2.40. The van der Waals surface area contributed by atoms with Crippen molar-refractivity contribution in [1.82, 2.24) is 19.0 Å². The van der Waals surface area contributed by atoms with Crippen molar-refractivity contribution < 1.29 is 9.53 Å². The predicted molar refractivity (Wildman–Crippen MR) is 111 cm³/mol. The zero-order valence-corrected chi connectivity index (χ0v) is 16.9. The zero-order valence-electron chi connectivity index (χ0n) is 16.9. The van der Waals surface area contributed by atoms with E-state index in [9.17, 15) is 9.59 Å². The summed E-state index contributed by atoms with van der Waals surface area (Å²) in [6, 6.07) is 11.0. The fraction of sp³-hybridized carbons (Fsp3) is 0.409. The summed E-state index contributed by atoms with van der Waals surface area (Å²) in [5.74, 6) is 1.14. The largest absolute Gasteiger partial charge is 0.497 e. The number of methoxy groups -OCH3 is 1. The van der Waals surface area contributed by atoms with Crippen molar-refractivity contribution in [2.45, 2.75) is 32.9 Å². The van der Waals surface area contributed by atoms with Crippen molar-refractivity contribution in [3.05, 3.63) is 58.6 Å². The molecule has 152 valence electrons. The highest BCUT2D eigenvalue weighted by molar-refractivity contribution is 5.94. The number of nitrogens with zero attached hydrogens (tertiary/aromatic N) is 4. The van der Waals surface area contributed by atoms with E-state index in [2.05, 4.69) is 4.98 Å². The van der Waals surface area contributed by atoms with Gasteiger partial charge in [-0.3, -0.25) is 13.9 Å². The molecule has 1 aliphatic rings. The minimum Gasteiger partial charge on any atom is -0.497 e. The van der Waals surface area contributed by atoms with Gasteiger partial charge in [-0.2, -0.15) is 0 Å². The molecular weight excluding hydrogens is 368 g/mol. The molecule has 1 amide bonds. The second kappa shape index (κ2) is 8.11. The fourth-order valence-corrected chi connectivity index (χ4v) is 4.11. The quantitative estimate of drug-likeness (QED) is 0.667. The number of pyridine rings is 1. The van der Waals surface area contributed by atoms with Crippen LogP contribution in [0.2, 0.25) is 0 Å². The van der Waals surface area contributed by atoms with Gasteiger partial charge >= 0.3 is 5.69 Å². The van der Waals surface area contributed by atoms with Crippen molar-refractivity contribution in [2.75, 3.05) is 20.2 Å². The molecule has 0 unspecified atom stereocenters. The molecule has 2 aromatic heterocycles. The molecule has 1 fully saturated rings. The molecular formula is C22H26N4O3. The first-order valence-electron chi connectivity index (χ1n) is 10.1. The predicted octanol–water partition coefficient (Wildman–Crippen LogP) is 2.78. The molecule has 1 aliphatic heterocycles. The van der Waals surface area contributed by atoms with Gasteiger partial charge in [0.2, 0.25) is 0 Å². The number of fused-ring (bicyclic) bond motifs is 1. The van der Waals surface area contributed by atoms with E-state index in [1.165, 1.54) is 0 Å². The molecule has 3 aromatic rings. The van der Waals surface area contributed by atoms with E-state index in [4.69, 9.17) is 4.74 Å². The number of carbonyl (C=O) groups is 1. The highest BCUT2D eigenvalue weighted by atomic mass is 16.5. The standard InChI is InChI=1S/C22H26N4O3/c1-3-25-19-5-4-12-23-20(19)26(22(25)28)15-16-10-13-24(14-11-16)21(27)17-6-8-18(29-2)9-7-17/h4-9,12,16H,3,10-11,13-15H2,1-2H3. The molecule has 0 saturated carbocycles. The van der Waals surface area contributed by atoms with Crippen LogP contribution in [0.1, 0.15) is 30.1 Å². The number of carbonyl (C=O) groups excluding carboxylic acids is 1. The molecule has 0 N–H and O–H groups in total. The summed E-state index contributed by atoms with van der Waals surface area (Å²) in [5.41, 5.74) is 2.30. The first-order valence-corrected chi connectivity index (χ1v) is 10.1. The summed E-state index contributed by atoms with van der Waals surface area (Å²) in [7, 11) is 1.61. The maximum Gasteiger partial charge on any atom is 0.330 e. The average Bonchev–Trinajstić information content (AvgIpc) is 3.04. The number of piperidine rings is 1. The van der Waals surface area contributed by atoms with Crippen LogP contribution in [-0.4, -0.2) is 45.1 Å². The van der Waals surface area contributed by atoms with Gasteiger partial charge in [0.15, 0.2) is 5.65 Å². The molecule has 3 heterocycles. The van der Waals surface area contributed by atoms with E-state index >= 15 is 0 Å². The third kappa shape index (κ3) is 3.64. The molecule has 1 aromatic carbocycles. The smallest absolute Gasteiger partial charge is 0.330 e. The third-order valence-corrected chi connectivity index (χ3v) is 5.77. The van der Waals surface area contributed by atoms with Crippen molar-refractivity contribution in [1.29, 1.82) is 0 Å². The van der Waals surface area contributed by atoms with Crippen LogP contribution in [0, 0.1) is 5.92 Å². The minimum absolute atomic E-state index is 0.00191. The molecule has 0 radical (unpaired) electrons. The Bertz CT molecular complexity index is 1060. The Labute approximate surface area is 169 Å². The number of rotatable bonds is 5. The van der Waals surface area contributed by atoms with Gasteiger partial charge in [0.05, 0.1) is 12.6 Å². The van der Waals surface area contributed by atoms with Crippen molar-refractivity contribution in [2.24, 2.45) is 5.92 Å². The van der Waals surface area contributed by atoms with E-state index in [0.717, 1.165) is 29.8 Å². The second-order valence-corrected chi connectivity index (χ2v) is 7.45. The number of hydrogen-bond donors (Lipinski definition) is 0. The highest BCUT2D eigenvalue weighted by Gasteiger charge is 2.25. The Kier molecular flexibility index (Phi) is 5.38. The van der Waals surface area contributed by atoms with Gasteiger partial charge in [0, 0.05) is 37.9 Å². The molecule has 0 bridgehead atoms.